The van der Waals surface area contributed by atoms with Gasteiger partial charge in [0.1, 0.15) is 0 Å². The van der Waals surface area contributed by atoms with Gasteiger partial charge >= 0.3 is 0 Å². The second-order valence-electron chi connectivity index (χ2n) is 5.01. The summed E-state index contributed by atoms with van der Waals surface area (Å²) < 4.78 is 3.73. The van der Waals surface area contributed by atoms with E-state index < -0.39 is 0 Å². The Morgan fingerprint density at radius 3 is 3.16 bits per heavy atom. The van der Waals surface area contributed by atoms with E-state index in [1.807, 2.05) is 30.3 Å². The maximum Gasteiger partial charge on any atom is 0.0540 e. The zero-order valence-electron chi connectivity index (χ0n) is 11.2. The van der Waals surface area contributed by atoms with Crippen molar-refractivity contribution >= 4 is 6.20 Å². The molecular formula is C14H19N5. The molecule has 1 atom stereocenters. The van der Waals surface area contributed by atoms with E-state index in [4.69, 9.17) is 0 Å². The van der Waals surface area contributed by atoms with Gasteiger partial charge in [-0.05, 0) is 19.3 Å². The third-order valence-corrected chi connectivity index (χ3v) is 3.77. The van der Waals surface area contributed by atoms with Gasteiger partial charge in [0.2, 0.25) is 0 Å². The number of aromatic nitrogens is 4. The number of nitrogens with zero attached hydrogens (tertiary/aromatic N) is 4. The van der Waals surface area contributed by atoms with Gasteiger partial charge in [-0.1, -0.05) is 6.58 Å². The Kier molecular flexibility index (Phi) is 3.21. The van der Waals surface area contributed by atoms with E-state index in [0.29, 0.717) is 6.04 Å². The molecule has 0 saturated heterocycles. The lowest BCUT2D eigenvalue weighted by Crippen LogP contribution is -2.24. The van der Waals surface area contributed by atoms with E-state index in [9.17, 15) is 0 Å². The van der Waals surface area contributed by atoms with Crippen LogP contribution in [0.3, 0.4) is 0 Å². The van der Waals surface area contributed by atoms with Gasteiger partial charge in [0.15, 0.2) is 0 Å². The summed E-state index contributed by atoms with van der Waals surface area (Å²) in [6.45, 7) is 4.52. The SMILES string of the molecule is C=Cn1cc(CNC2CCCc3c2cnn3C)cn1. The standard InChI is InChI=1S/C14H19N5/c1-3-19-10-11(8-17-19)7-15-13-5-4-6-14-12(13)9-16-18(14)2/h3,8-10,13,15H,1,4-7H2,2H3. The van der Waals surface area contributed by atoms with Gasteiger partial charge in [-0.2, -0.15) is 10.2 Å². The number of nitrogens with one attached hydrogen (secondary N) is 1. The average Bonchev–Trinajstić information content (AvgIpc) is 3.04. The van der Waals surface area contributed by atoms with Crippen LogP contribution >= 0.6 is 0 Å². The molecule has 5 heteroatoms. The van der Waals surface area contributed by atoms with E-state index in [1.165, 1.54) is 29.7 Å². The molecule has 2 aromatic heterocycles. The lowest BCUT2D eigenvalue weighted by molar-refractivity contribution is 0.452. The van der Waals surface area contributed by atoms with Crippen LogP contribution in [0.5, 0.6) is 0 Å². The average molecular weight is 257 g/mol. The van der Waals surface area contributed by atoms with Crippen LogP contribution in [0.15, 0.2) is 25.2 Å². The molecule has 0 spiro atoms. The lowest BCUT2D eigenvalue weighted by Gasteiger charge is -2.23. The fourth-order valence-electron chi connectivity index (χ4n) is 2.73. The van der Waals surface area contributed by atoms with Gasteiger partial charge in [-0.3, -0.25) is 4.68 Å². The molecule has 0 saturated carbocycles. The van der Waals surface area contributed by atoms with Crippen LogP contribution in [-0.4, -0.2) is 19.6 Å². The van der Waals surface area contributed by atoms with Crippen molar-refractivity contribution in [1.82, 2.24) is 24.9 Å². The highest BCUT2D eigenvalue weighted by molar-refractivity contribution is 5.25. The Labute approximate surface area is 112 Å². The van der Waals surface area contributed by atoms with Crippen molar-refractivity contribution in [2.24, 2.45) is 7.05 Å². The van der Waals surface area contributed by atoms with Gasteiger partial charge < -0.3 is 5.32 Å². The topological polar surface area (TPSA) is 47.7 Å². The zero-order valence-corrected chi connectivity index (χ0v) is 11.2. The molecule has 1 unspecified atom stereocenters. The maximum absolute atomic E-state index is 4.37. The molecule has 1 aliphatic rings. The largest absolute Gasteiger partial charge is 0.306 e. The molecule has 2 aromatic rings. The molecule has 19 heavy (non-hydrogen) atoms. The van der Waals surface area contributed by atoms with Crippen LogP contribution in [0.1, 0.15) is 35.7 Å². The van der Waals surface area contributed by atoms with E-state index in [-0.39, 0.29) is 0 Å². The molecule has 0 fully saturated rings. The van der Waals surface area contributed by atoms with Crippen molar-refractivity contribution in [3.05, 3.63) is 42.0 Å². The third kappa shape index (κ3) is 2.33. The summed E-state index contributed by atoms with van der Waals surface area (Å²) in [6.07, 6.45) is 11.1. The van der Waals surface area contributed by atoms with E-state index in [2.05, 4.69) is 22.1 Å². The minimum atomic E-state index is 0.407. The molecule has 0 bridgehead atoms. The fourth-order valence-corrected chi connectivity index (χ4v) is 2.73. The monoisotopic (exact) mass is 257 g/mol. The number of aryl methyl sites for hydroxylation is 1. The molecule has 3 rings (SSSR count). The highest BCUT2D eigenvalue weighted by Gasteiger charge is 2.22. The third-order valence-electron chi connectivity index (χ3n) is 3.77. The summed E-state index contributed by atoms with van der Waals surface area (Å²) >= 11 is 0. The first-order chi connectivity index (χ1) is 9.28. The predicted molar refractivity (Wildman–Crippen MR) is 74.3 cm³/mol. The van der Waals surface area contributed by atoms with E-state index in [1.54, 1.807) is 10.9 Å². The molecule has 5 nitrogen and oxygen atoms in total. The van der Waals surface area contributed by atoms with Crippen LogP contribution < -0.4 is 5.32 Å². The summed E-state index contributed by atoms with van der Waals surface area (Å²) in [4.78, 5) is 0. The molecule has 2 heterocycles. The Bertz CT molecular complexity index is 580. The van der Waals surface area contributed by atoms with Crippen LogP contribution in [0.4, 0.5) is 0 Å². The normalized spacial score (nSPS) is 18.3. The molecule has 1 aliphatic carbocycles. The number of hydrogen-bond donors (Lipinski definition) is 1. The van der Waals surface area contributed by atoms with Gasteiger partial charge in [0.25, 0.3) is 0 Å². The number of hydrogen-bond acceptors (Lipinski definition) is 3. The van der Waals surface area contributed by atoms with Crippen molar-refractivity contribution in [2.45, 2.75) is 31.8 Å². The fraction of sp³-hybridized carbons (Fsp3) is 0.429. The highest BCUT2D eigenvalue weighted by Crippen LogP contribution is 2.29. The molecule has 0 amide bonds. The van der Waals surface area contributed by atoms with E-state index >= 15 is 0 Å². The summed E-state index contributed by atoms with van der Waals surface area (Å²) in [7, 11) is 2.02. The molecular weight excluding hydrogens is 238 g/mol. The summed E-state index contributed by atoms with van der Waals surface area (Å²) in [5, 5.41) is 12.2. The minimum absolute atomic E-state index is 0.407. The lowest BCUT2D eigenvalue weighted by atomic mass is 9.93. The van der Waals surface area contributed by atoms with Gasteiger partial charge in [-0.15, -0.1) is 0 Å². The molecule has 0 radical (unpaired) electrons. The van der Waals surface area contributed by atoms with Gasteiger partial charge in [0, 0.05) is 48.9 Å². The number of fused-ring (bicyclic) bond motifs is 1. The maximum atomic E-state index is 4.37. The van der Waals surface area contributed by atoms with Gasteiger partial charge in [-0.25, -0.2) is 4.68 Å². The van der Waals surface area contributed by atoms with Crippen LogP contribution in [-0.2, 0) is 20.0 Å². The summed E-state index contributed by atoms with van der Waals surface area (Å²) in [5.74, 6) is 0. The minimum Gasteiger partial charge on any atom is -0.306 e. The summed E-state index contributed by atoms with van der Waals surface area (Å²) in [6, 6.07) is 0.407. The first kappa shape index (κ1) is 12.2. The van der Waals surface area contributed by atoms with Crippen LogP contribution in [0, 0.1) is 0 Å². The predicted octanol–water partition coefficient (Wildman–Crippen LogP) is 1.88. The second-order valence-corrected chi connectivity index (χ2v) is 5.01. The van der Waals surface area contributed by atoms with Gasteiger partial charge in [0.05, 0.1) is 12.4 Å². The molecule has 1 N–H and O–H groups in total. The number of rotatable bonds is 4. The first-order valence-corrected chi connectivity index (χ1v) is 6.67. The van der Waals surface area contributed by atoms with Crippen molar-refractivity contribution in [3.63, 3.8) is 0 Å². The van der Waals surface area contributed by atoms with Crippen molar-refractivity contribution in [1.29, 1.82) is 0 Å². The summed E-state index contributed by atoms with van der Waals surface area (Å²) in [5.41, 5.74) is 3.89. The van der Waals surface area contributed by atoms with Crippen molar-refractivity contribution in [3.8, 4) is 0 Å². The Morgan fingerprint density at radius 2 is 2.37 bits per heavy atom. The molecule has 100 valence electrons. The molecule has 0 aliphatic heterocycles. The second kappa shape index (κ2) is 5.01. The zero-order chi connectivity index (χ0) is 13.2. The highest BCUT2D eigenvalue weighted by atomic mass is 15.3. The van der Waals surface area contributed by atoms with E-state index in [0.717, 1.165) is 13.0 Å². The Hall–Kier alpha value is -1.88. The quantitative estimate of drug-likeness (QED) is 0.909. The van der Waals surface area contributed by atoms with Crippen molar-refractivity contribution in [2.75, 3.05) is 0 Å². The smallest absolute Gasteiger partial charge is 0.0540 e. The first-order valence-electron chi connectivity index (χ1n) is 6.67. The van der Waals surface area contributed by atoms with Crippen molar-refractivity contribution < 1.29 is 0 Å². The van der Waals surface area contributed by atoms with Crippen LogP contribution in [0.2, 0.25) is 0 Å². The Balaban J connectivity index is 1.69. The Morgan fingerprint density at radius 1 is 1.47 bits per heavy atom. The van der Waals surface area contributed by atoms with Crippen LogP contribution in [0.25, 0.3) is 6.20 Å². The molecule has 0 aromatic carbocycles.